The Labute approximate surface area is 199 Å². The maximum absolute atomic E-state index is 14.6. The van der Waals surface area contributed by atoms with Gasteiger partial charge in [-0.15, -0.1) is 0 Å². The van der Waals surface area contributed by atoms with E-state index < -0.39 is 81.9 Å². The Morgan fingerprint density at radius 3 is 1.14 bits per heavy atom. The van der Waals surface area contributed by atoms with E-state index in [2.05, 4.69) is 8.85 Å². The summed E-state index contributed by atoms with van der Waals surface area (Å²) in [5, 5.41) is 0. The molecule has 224 valence electrons. The van der Waals surface area contributed by atoms with E-state index in [0.29, 0.717) is 0 Å². The summed E-state index contributed by atoms with van der Waals surface area (Å²) in [6, 6.07) is 0. The smallest absolute Gasteiger partial charge is 0.391 e. The summed E-state index contributed by atoms with van der Waals surface area (Å²) in [6.45, 7) is 0.447. The summed E-state index contributed by atoms with van der Waals surface area (Å²) in [7, 11) is -6.12. The van der Waals surface area contributed by atoms with Gasteiger partial charge in [0.15, 0.2) is 0 Å². The maximum Gasteiger partial charge on any atom is 0.419 e. The molecule has 0 aromatic carbocycles. The lowest BCUT2D eigenvalue weighted by Gasteiger charge is -2.45. The van der Waals surface area contributed by atoms with Crippen molar-refractivity contribution in [2.75, 3.05) is 13.2 Å². The number of rotatable bonds is 15. The van der Waals surface area contributed by atoms with Gasteiger partial charge in [-0.25, -0.2) is 0 Å². The van der Waals surface area contributed by atoms with Crippen LogP contribution in [0, 0.1) is 0 Å². The predicted molar refractivity (Wildman–Crippen MR) is 94.0 cm³/mol. The minimum absolute atomic E-state index is 0.0432. The quantitative estimate of drug-likeness (QED) is 0.138. The second-order valence-corrected chi connectivity index (χ2v) is 11.0. The van der Waals surface area contributed by atoms with Crippen molar-refractivity contribution in [1.29, 1.82) is 0 Å². The highest BCUT2D eigenvalue weighted by atomic mass is 28.4. The van der Waals surface area contributed by atoms with E-state index in [0.717, 1.165) is 0 Å². The maximum atomic E-state index is 14.6. The summed E-state index contributed by atoms with van der Waals surface area (Å²) < 4.78 is 241. The first-order chi connectivity index (χ1) is 16.1. The SMILES string of the molecule is CCCO[Si](C)(OCCC)C(F)(F)C(F)(F)C(F)(F)C(F)(F)C(F)(F)C(F)(F)C(F)(F)CCC(F)(F)F. The lowest BCUT2D eigenvalue weighted by Crippen LogP contribution is -2.77. The zero-order valence-corrected chi connectivity index (χ0v) is 20.0. The fourth-order valence-corrected chi connectivity index (χ4v) is 4.94. The first kappa shape index (κ1) is 35.9. The van der Waals surface area contributed by atoms with Crippen LogP contribution in [0.2, 0.25) is 6.55 Å². The van der Waals surface area contributed by atoms with Gasteiger partial charge in [0.05, 0.1) is 0 Å². The molecule has 0 saturated heterocycles. The van der Waals surface area contributed by atoms with Gasteiger partial charge in [0.1, 0.15) is 0 Å². The normalized spacial score (nSPS) is 15.9. The van der Waals surface area contributed by atoms with E-state index in [1.807, 2.05) is 0 Å². The molecule has 0 aliphatic carbocycles. The van der Waals surface area contributed by atoms with Crippen LogP contribution in [-0.4, -0.2) is 69.0 Å². The average Bonchev–Trinajstić information content (AvgIpc) is 2.73. The van der Waals surface area contributed by atoms with Crippen LogP contribution in [0.3, 0.4) is 0 Å². The van der Waals surface area contributed by atoms with Crippen LogP contribution in [0.25, 0.3) is 0 Å². The van der Waals surface area contributed by atoms with Crippen molar-refractivity contribution >= 4 is 8.56 Å². The van der Waals surface area contributed by atoms with Crippen LogP contribution in [0.5, 0.6) is 0 Å². The highest BCUT2D eigenvalue weighted by Gasteiger charge is 2.94. The topological polar surface area (TPSA) is 18.5 Å². The van der Waals surface area contributed by atoms with Crippen molar-refractivity contribution in [3.8, 4) is 0 Å². The summed E-state index contributed by atoms with van der Waals surface area (Å²) in [5.41, 5.74) is -6.58. The van der Waals surface area contributed by atoms with Crippen molar-refractivity contribution in [2.24, 2.45) is 0 Å². The molecule has 37 heavy (non-hydrogen) atoms. The van der Waals surface area contributed by atoms with Gasteiger partial charge in [-0.1, -0.05) is 13.8 Å². The van der Waals surface area contributed by atoms with Crippen LogP contribution < -0.4 is 0 Å². The van der Waals surface area contributed by atoms with Crippen LogP contribution in [-0.2, 0) is 8.85 Å². The van der Waals surface area contributed by atoms with E-state index in [4.69, 9.17) is 0 Å². The Hall–Kier alpha value is -1.05. The molecule has 0 amide bonds. The van der Waals surface area contributed by atoms with Gasteiger partial charge in [0.25, 0.3) is 0 Å². The van der Waals surface area contributed by atoms with E-state index >= 15 is 0 Å². The standard InChI is InChI=1S/C17H21F17O2Si/c1-4-8-35-37(3,36-9-5-2)17(33,34)16(31,32)15(29,30)14(27,28)13(25,26)12(23,24)10(18,19)6-7-11(20,21)22/h4-9H2,1-3H3. The van der Waals surface area contributed by atoms with Crippen LogP contribution in [0.1, 0.15) is 39.5 Å². The third-order valence-electron chi connectivity index (χ3n) is 4.89. The third-order valence-corrected chi connectivity index (χ3v) is 7.85. The minimum Gasteiger partial charge on any atom is -0.391 e. The predicted octanol–water partition coefficient (Wildman–Crippen LogP) is 8.24. The number of halogens is 17. The Morgan fingerprint density at radius 2 is 0.811 bits per heavy atom. The Bertz CT molecular complexity index is 743. The van der Waals surface area contributed by atoms with Crippen LogP contribution >= 0.6 is 0 Å². The summed E-state index contributed by atoms with van der Waals surface area (Å²) in [5.74, 6) is -47.3. The minimum atomic E-state index is -8.39. The molecule has 0 aliphatic heterocycles. The summed E-state index contributed by atoms with van der Waals surface area (Å²) >= 11 is 0. The molecule has 0 aliphatic rings. The molecule has 20 heteroatoms. The van der Waals surface area contributed by atoms with Crippen molar-refractivity contribution in [3.63, 3.8) is 0 Å². The summed E-state index contributed by atoms with van der Waals surface area (Å²) in [4.78, 5) is 0. The van der Waals surface area contributed by atoms with E-state index in [1.165, 1.54) is 13.8 Å². The second kappa shape index (κ2) is 10.8. The molecule has 0 spiro atoms. The van der Waals surface area contributed by atoms with Crippen molar-refractivity contribution in [3.05, 3.63) is 0 Å². The zero-order valence-electron chi connectivity index (χ0n) is 19.0. The van der Waals surface area contributed by atoms with Gasteiger partial charge in [0, 0.05) is 26.1 Å². The lowest BCUT2D eigenvalue weighted by atomic mass is 9.90. The average molecular weight is 608 g/mol. The molecule has 0 rings (SSSR count). The molecule has 0 unspecified atom stereocenters. The Balaban J connectivity index is 6.76. The van der Waals surface area contributed by atoms with E-state index in [1.54, 1.807) is 0 Å². The molecule has 0 radical (unpaired) electrons. The van der Waals surface area contributed by atoms with Crippen molar-refractivity contribution in [2.45, 2.75) is 93.3 Å². The van der Waals surface area contributed by atoms with Gasteiger partial charge < -0.3 is 8.85 Å². The molecule has 0 saturated carbocycles. The molecule has 0 heterocycles. The monoisotopic (exact) mass is 608 g/mol. The molecule has 0 fully saturated rings. The van der Waals surface area contributed by atoms with Gasteiger partial charge in [-0.2, -0.15) is 74.6 Å². The fourth-order valence-electron chi connectivity index (χ4n) is 2.58. The highest BCUT2D eigenvalue weighted by Crippen LogP contribution is 2.63. The fraction of sp³-hybridized carbons (Fsp3) is 1.00. The van der Waals surface area contributed by atoms with Crippen LogP contribution in [0.15, 0.2) is 0 Å². The molecular weight excluding hydrogens is 587 g/mol. The number of hydrogen-bond acceptors (Lipinski definition) is 2. The Morgan fingerprint density at radius 1 is 0.486 bits per heavy atom. The largest absolute Gasteiger partial charge is 0.419 e. The van der Waals surface area contributed by atoms with Crippen molar-refractivity contribution < 1.29 is 83.5 Å². The van der Waals surface area contributed by atoms with Crippen LogP contribution in [0.4, 0.5) is 74.6 Å². The molecular formula is C17H21F17O2Si. The molecule has 0 N–H and O–H groups in total. The summed E-state index contributed by atoms with van der Waals surface area (Å²) in [6.07, 6.45) is -12.7. The van der Waals surface area contributed by atoms with Gasteiger partial charge >= 0.3 is 55.8 Å². The first-order valence-electron chi connectivity index (χ1n) is 10.1. The first-order valence-corrected chi connectivity index (χ1v) is 12.4. The van der Waals surface area contributed by atoms with Gasteiger partial charge in [-0.3, -0.25) is 0 Å². The van der Waals surface area contributed by atoms with E-state index in [9.17, 15) is 74.6 Å². The molecule has 0 bridgehead atoms. The lowest BCUT2D eigenvalue weighted by molar-refractivity contribution is -0.438. The van der Waals surface area contributed by atoms with Gasteiger partial charge in [0.2, 0.25) is 0 Å². The number of alkyl halides is 17. The second-order valence-electron chi connectivity index (χ2n) is 7.91. The third kappa shape index (κ3) is 6.09. The molecule has 0 aromatic rings. The van der Waals surface area contributed by atoms with Gasteiger partial charge in [-0.05, 0) is 19.4 Å². The van der Waals surface area contributed by atoms with Crippen molar-refractivity contribution in [1.82, 2.24) is 0 Å². The Kier molecular flexibility index (Phi) is 10.5. The number of hydrogen-bond donors (Lipinski definition) is 0. The molecule has 0 atom stereocenters. The molecule has 0 aromatic heterocycles. The zero-order chi connectivity index (χ0) is 30.2. The highest BCUT2D eigenvalue weighted by molar-refractivity contribution is 6.69. The molecule has 2 nitrogen and oxygen atoms in total. The van der Waals surface area contributed by atoms with E-state index in [-0.39, 0.29) is 19.4 Å².